The van der Waals surface area contributed by atoms with Gasteiger partial charge in [0.15, 0.2) is 0 Å². The Morgan fingerprint density at radius 3 is 2.92 bits per heavy atom. The van der Waals surface area contributed by atoms with Gasteiger partial charge in [-0.05, 0) is 71.5 Å². The number of carbonyl (C=O) groups excluding carboxylic acids is 3. The number of hydrogen-bond donors (Lipinski definition) is 2. The number of carbonyl (C=O) groups is 3. The maximum absolute atomic E-state index is 13.1. The van der Waals surface area contributed by atoms with Gasteiger partial charge in [-0.2, -0.15) is 0 Å². The molecule has 2 heterocycles. The second-order valence-electron chi connectivity index (χ2n) is 6.79. The third kappa shape index (κ3) is 2.49. The molecule has 2 unspecified atom stereocenters. The number of amides is 4. The normalized spacial score (nSPS) is 28.7. The number of halogens is 1. The Hall–Kier alpha value is -1.64. The monoisotopic (exact) mass is 439 g/mol. The highest BCUT2D eigenvalue weighted by Crippen LogP contribution is 2.36. The summed E-state index contributed by atoms with van der Waals surface area (Å²) in [6.45, 7) is 0.766. The zero-order valence-electron chi connectivity index (χ0n) is 13.1. The minimum Gasteiger partial charge on any atom is -0.339 e. The first-order chi connectivity index (χ1) is 11.5. The smallest absolute Gasteiger partial charge is 0.322 e. The molecule has 1 aromatic rings. The highest BCUT2D eigenvalue weighted by Gasteiger charge is 2.52. The second-order valence-corrected chi connectivity index (χ2v) is 8.03. The zero-order valence-corrected chi connectivity index (χ0v) is 15.3. The summed E-state index contributed by atoms with van der Waals surface area (Å²) in [5, 5.41) is 4.98. The minimum atomic E-state index is -0.934. The van der Waals surface area contributed by atoms with Crippen molar-refractivity contribution < 1.29 is 14.4 Å². The van der Waals surface area contributed by atoms with E-state index in [1.807, 2.05) is 6.07 Å². The summed E-state index contributed by atoms with van der Waals surface area (Å²) in [6, 6.07) is 5.80. The Morgan fingerprint density at radius 2 is 2.17 bits per heavy atom. The van der Waals surface area contributed by atoms with Crippen LogP contribution in [0.15, 0.2) is 18.2 Å². The Labute approximate surface area is 153 Å². The topological polar surface area (TPSA) is 78.5 Å². The van der Waals surface area contributed by atoms with Crippen molar-refractivity contribution in [1.82, 2.24) is 15.5 Å². The molecule has 0 bridgehead atoms. The minimum absolute atomic E-state index is 0.0722. The molecule has 7 heteroatoms. The lowest BCUT2D eigenvalue weighted by Crippen LogP contribution is -2.50. The van der Waals surface area contributed by atoms with Gasteiger partial charge in [0.25, 0.3) is 5.91 Å². The van der Waals surface area contributed by atoms with E-state index in [4.69, 9.17) is 0 Å². The van der Waals surface area contributed by atoms with E-state index >= 15 is 0 Å². The first-order valence-corrected chi connectivity index (χ1v) is 9.27. The lowest BCUT2D eigenvalue weighted by atomic mass is 9.82. The average molecular weight is 439 g/mol. The van der Waals surface area contributed by atoms with Crippen molar-refractivity contribution >= 4 is 40.4 Å². The fraction of sp³-hybridized carbons (Fsp3) is 0.471. The van der Waals surface area contributed by atoms with Crippen LogP contribution < -0.4 is 10.6 Å². The van der Waals surface area contributed by atoms with E-state index in [-0.39, 0.29) is 24.3 Å². The van der Waals surface area contributed by atoms with Gasteiger partial charge in [-0.3, -0.25) is 14.9 Å². The van der Waals surface area contributed by atoms with Crippen LogP contribution in [0.25, 0.3) is 0 Å². The molecule has 2 N–H and O–H groups in total. The maximum Gasteiger partial charge on any atom is 0.322 e. The van der Waals surface area contributed by atoms with E-state index in [1.54, 1.807) is 4.90 Å². The van der Waals surface area contributed by atoms with Crippen molar-refractivity contribution in [3.05, 3.63) is 32.9 Å². The number of nitrogens with zero attached hydrogens (tertiary/aromatic N) is 1. The molecule has 24 heavy (non-hydrogen) atoms. The first-order valence-electron chi connectivity index (χ1n) is 8.19. The molecule has 2 fully saturated rings. The molecule has 4 amide bonds. The molecule has 1 spiro atoms. The largest absolute Gasteiger partial charge is 0.339 e. The first kappa shape index (κ1) is 15.9. The molecule has 126 valence electrons. The highest BCUT2D eigenvalue weighted by atomic mass is 127. The lowest BCUT2D eigenvalue weighted by molar-refractivity contribution is -0.132. The van der Waals surface area contributed by atoms with E-state index < -0.39 is 11.6 Å². The summed E-state index contributed by atoms with van der Waals surface area (Å²) in [5.41, 5.74) is 1.44. The number of urea groups is 1. The van der Waals surface area contributed by atoms with Gasteiger partial charge in [0.05, 0.1) is 12.5 Å². The van der Waals surface area contributed by atoms with Crippen LogP contribution in [0.2, 0.25) is 0 Å². The molecule has 3 aliphatic rings. The van der Waals surface area contributed by atoms with Crippen LogP contribution in [0, 0.1) is 3.57 Å². The van der Waals surface area contributed by atoms with Crippen LogP contribution in [0.4, 0.5) is 4.79 Å². The maximum atomic E-state index is 13.1. The number of nitrogens with one attached hydrogen (secondary N) is 2. The number of rotatable bonds is 1. The van der Waals surface area contributed by atoms with Gasteiger partial charge in [0.1, 0.15) is 5.54 Å². The standard InChI is InChI=1S/C17H18IN3O3/c18-11-4-5-12-10(8-11)2-1-3-13(12)14(22)21-7-6-17(9-21)15(23)19-16(24)20-17/h4-5,8,13H,1-3,6-7,9H2,(H2,19,20,23,24). The van der Waals surface area contributed by atoms with Gasteiger partial charge in [0, 0.05) is 10.1 Å². The van der Waals surface area contributed by atoms with E-state index in [9.17, 15) is 14.4 Å². The predicted molar refractivity (Wildman–Crippen MR) is 95.4 cm³/mol. The molecule has 0 saturated carbocycles. The fourth-order valence-corrected chi connectivity index (χ4v) is 4.63. The number of imide groups is 1. The summed E-state index contributed by atoms with van der Waals surface area (Å²) in [5.74, 6) is -0.384. The molecule has 4 rings (SSSR count). The third-order valence-electron chi connectivity index (χ3n) is 5.31. The Bertz CT molecular complexity index is 751. The van der Waals surface area contributed by atoms with Crippen LogP contribution in [0.3, 0.4) is 0 Å². The second kappa shape index (κ2) is 5.72. The van der Waals surface area contributed by atoms with Crippen LogP contribution >= 0.6 is 22.6 Å². The zero-order chi connectivity index (χ0) is 16.9. The van der Waals surface area contributed by atoms with Gasteiger partial charge >= 0.3 is 6.03 Å². The SMILES string of the molecule is O=C1NC(=O)C2(CCN(C(=O)C3CCCc4cc(I)ccc43)C2)N1. The van der Waals surface area contributed by atoms with Gasteiger partial charge in [-0.15, -0.1) is 0 Å². The van der Waals surface area contributed by atoms with E-state index in [0.717, 1.165) is 24.8 Å². The molecule has 1 aromatic carbocycles. The molecule has 2 aliphatic heterocycles. The summed E-state index contributed by atoms with van der Waals surface area (Å²) >= 11 is 2.29. The third-order valence-corrected chi connectivity index (χ3v) is 5.98. The van der Waals surface area contributed by atoms with Crippen molar-refractivity contribution in [2.24, 2.45) is 0 Å². The highest BCUT2D eigenvalue weighted by molar-refractivity contribution is 14.1. The van der Waals surface area contributed by atoms with Crippen LogP contribution in [-0.2, 0) is 16.0 Å². The lowest BCUT2D eigenvalue weighted by Gasteiger charge is -2.29. The van der Waals surface area contributed by atoms with E-state index in [2.05, 4.69) is 45.4 Å². The van der Waals surface area contributed by atoms with Crippen LogP contribution in [0.5, 0.6) is 0 Å². The molecular weight excluding hydrogens is 421 g/mol. The number of likely N-dealkylation sites (tertiary alicyclic amines) is 1. The number of fused-ring (bicyclic) bond motifs is 1. The van der Waals surface area contributed by atoms with Crippen molar-refractivity contribution in [3.63, 3.8) is 0 Å². The van der Waals surface area contributed by atoms with Crippen LogP contribution in [-0.4, -0.2) is 41.4 Å². The molecule has 1 aliphatic carbocycles. The summed E-state index contributed by atoms with van der Waals surface area (Å²) in [6.07, 6.45) is 3.33. The summed E-state index contributed by atoms with van der Waals surface area (Å²) in [7, 11) is 0. The summed E-state index contributed by atoms with van der Waals surface area (Å²) in [4.78, 5) is 38.3. The molecule has 2 atom stereocenters. The van der Waals surface area contributed by atoms with E-state index in [1.165, 1.54) is 9.13 Å². The molecule has 0 radical (unpaired) electrons. The number of aryl methyl sites for hydroxylation is 1. The molecule has 2 saturated heterocycles. The quantitative estimate of drug-likeness (QED) is 0.515. The number of hydrogen-bond acceptors (Lipinski definition) is 3. The van der Waals surface area contributed by atoms with E-state index in [0.29, 0.717) is 13.0 Å². The number of benzene rings is 1. The van der Waals surface area contributed by atoms with Crippen molar-refractivity contribution in [1.29, 1.82) is 0 Å². The molecular formula is C17H18IN3O3. The van der Waals surface area contributed by atoms with Crippen molar-refractivity contribution in [2.45, 2.75) is 37.1 Å². The van der Waals surface area contributed by atoms with Crippen molar-refractivity contribution in [2.75, 3.05) is 13.1 Å². The predicted octanol–water partition coefficient (Wildman–Crippen LogP) is 1.52. The Balaban J connectivity index is 1.56. The molecule has 0 aromatic heterocycles. The Morgan fingerprint density at radius 1 is 1.33 bits per heavy atom. The Kier molecular flexibility index (Phi) is 3.78. The average Bonchev–Trinajstić information content (AvgIpc) is 3.09. The fourth-order valence-electron chi connectivity index (χ4n) is 4.07. The van der Waals surface area contributed by atoms with Gasteiger partial charge in [0.2, 0.25) is 5.91 Å². The van der Waals surface area contributed by atoms with Crippen molar-refractivity contribution in [3.8, 4) is 0 Å². The van der Waals surface area contributed by atoms with Gasteiger partial charge in [-0.25, -0.2) is 4.79 Å². The molecule has 6 nitrogen and oxygen atoms in total. The van der Waals surface area contributed by atoms with Gasteiger partial charge < -0.3 is 10.2 Å². The summed E-state index contributed by atoms with van der Waals surface area (Å²) < 4.78 is 1.19. The van der Waals surface area contributed by atoms with Crippen LogP contribution in [0.1, 0.15) is 36.3 Å². The van der Waals surface area contributed by atoms with Gasteiger partial charge in [-0.1, -0.05) is 6.07 Å².